The van der Waals surface area contributed by atoms with E-state index >= 15 is 0 Å². The van der Waals surface area contributed by atoms with Crippen molar-refractivity contribution in [3.05, 3.63) is 0 Å². The van der Waals surface area contributed by atoms with E-state index in [1.54, 1.807) is 0 Å². The molecule has 4 nitrogen and oxygen atoms in total. The van der Waals surface area contributed by atoms with Crippen LogP contribution in [0.3, 0.4) is 0 Å². The molecule has 0 radical (unpaired) electrons. The molecule has 0 saturated heterocycles. The van der Waals surface area contributed by atoms with Gasteiger partial charge in [0.15, 0.2) is 0 Å². The molecule has 1 N–H and O–H groups in total. The average molecular weight is 181 g/mol. The van der Waals surface area contributed by atoms with Gasteiger partial charge in [0.05, 0.1) is 12.4 Å². The molecule has 0 saturated carbocycles. The predicted molar refractivity (Wildman–Crippen MR) is 44.0 cm³/mol. The van der Waals surface area contributed by atoms with E-state index in [0.29, 0.717) is 6.54 Å². The highest BCUT2D eigenvalue weighted by atomic mass is 32.2. The van der Waals surface area contributed by atoms with Crippen LogP contribution in [-0.4, -0.2) is 34.4 Å². The molecule has 0 aromatic heterocycles. The molecular formula is C6H15NO3S. The summed E-state index contributed by atoms with van der Waals surface area (Å²) in [6, 6.07) is 0. The first-order valence-electron chi connectivity index (χ1n) is 3.58. The summed E-state index contributed by atoms with van der Waals surface area (Å²) >= 11 is 0. The Morgan fingerprint density at radius 1 is 1.45 bits per heavy atom. The molecule has 0 atom stereocenters. The van der Waals surface area contributed by atoms with Crippen molar-refractivity contribution in [1.82, 2.24) is 4.72 Å². The van der Waals surface area contributed by atoms with E-state index in [4.69, 9.17) is 0 Å². The Morgan fingerprint density at radius 3 is 2.55 bits per heavy atom. The summed E-state index contributed by atoms with van der Waals surface area (Å²) < 4.78 is 29.0. The highest BCUT2D eigenvalue weighted by Gasteiger charge is 2.06. The van der Waals surface area contributed by atoms with E-state index in [1.165, 1.54) is 7.11 Å². The van der Waals surface area contributed by atoms with E-state index in [-0.39, 0.29) is 12.4 Å². The van der Waals surface area contributed by atoms with Gasteiger partial charge in [0.25, 0.3) is 0 Å². The minimum atomic E-state index is -3.08. The Morgan fingerprint density at radius 2 is 2.09 bits per heavy atom. The van der Waals surface area contributed by atoms with Crippen LogP contribution < -0.4 is 4.72 Å². The van der Waals surface area contributed by atoms with Gasteiger partial charge in [0.1, 0.15) is 0 Å². The normalized spacial score (nSPS) is 11.8. The van der Waals surface area contributed by atoms with Crippen LogP contribution in [0, 0.1) is 0 Å². The first kappa shape index (κ1) is 10.9. The number of sulfonamides is 1. The van der Waals surface area contributed by atoms with Crippen LogP contribution >= 0.6 is 0 Å². The molecule has 0 heterocycles. The van der Waals surface area contributed by atoms with Gasteiger partial charge in [-0.05, 0) is 6.42 Å². The van der Waals surface area contributed by atoms with Gasteiger partial charge in [-0.2, -0.15) is 0 Å². The third-order valence-corrected chi connectivity index (χ3v) is 2.48. The maximum absolute atomic E-state index is 11.0. The Bertz CT molecular complexity index is 162. The molecule has 0 unspecified atom stereocenters. The molecular weight excluding hydrogens is 166 g/mol. The molecule has 0 fully saturated rings. The lowest BCUT2D eigenvalue weighted by Gasteiger charge is -2.03. The third kappa shape index (κ3) is 6.28. The fourth-order valence-electron chi connectivity index (χ4n) is 0.523. The monoisotopic (exact) mass is 181 g/mol. The van der Waals surface area contributed by atoms with Crippen LogP contribution in [0.5, 0.6) is 0 Å². The van der Waals surface area contributed by atoms with Crippen molar-refractivity contribution >= 4 is 10.0 Å². The predicted octanol–water partition coefficient (Wildman–Crippen LogP) is -0.0378. The lowest BCUT2D eigenvalue weighted by Crippen LogP contribution is -2.28. The number of ether oxygens (including phenoxy) is 1. The van der Waals surface area contributed by atoms with Gasteiger partial charge in [0.2, 0.25) is 10.0 Å². The zero-order valence-electron chi connectivity index (χ0n) is 6.96. The van der Waals surface area contributed by atoms with Gasteiger partial charge in [-0.1, -0.05) is 6.92 Å². The Balaban J connectivity index is 3.63. The molecule has 0 aliphatic rings. The molecule has 68 valence electrons. The van der Waals surface area contributed by atoms with Gasteiger partial charge < -0.3 is 4.74 Å². The summed E-state index contributed by atoms with van der Waals surface area (Å²) in [7, 11) is -1.60. The summed E-state index contributed by atoms with van der Waals surface area (Å²) in [4.78, 5) is 0. The van der Waals surface area contributed by atoms with Crippen molar-refractivity contribution in [3.8, 4) is 0 Å². The summed E-state index contributed by atoms with van der Waals surface area (Å²) in [5.41, 5.74) is 0. The molecule has 5 heteroatoms. The van der Waals surface area contributed by atoms with Crippen molar-refractivity contribution in [2.75, 3.05) is 26.0 Å². The SMILES string of the molecule is CCCNS(=O)(=O)CCOC. The van der Waals surface area contributed by atoms with E-state index in [9.17, 15) is 8.42 Å². The second-order valence-corrected chi connectivity index (χ2v) is 4.13. The van der Waals surface area contributed by atoms with Gasteiger partial charge in [-0.15, -0.1) is 0 Å². The van der Waals surface area contributed by atoms with Crippen LogP contribution in [0.4, 0.5) is 0 Å². The molecule has 0 aliphatic heterocycles. The highest BCUT2D eigenvalue weighted by Crippen LogP contribution is 1.84. The Kier molecular flexibility index (Phi) is 5.45. The maximum atomic E-state index is 11.0. The van der Waals surface area contributed by atoms with Crippen LogP contribution in [0.25, 0.3) is 0 Å². The molecule has 0 spiro atoms. The minimum absolute atomic E-state index is 0.0451. The van der Waals surface area contributed by atoms with E-state index in [1.807, 2.05) is 6.92 Å². The van der Waals surface area contributed by atoms with Crippen LogP contribution in [0.1, 0.15) is 13.3 Å². The van der Waals surface area contributed by atoms with Crippen molar-refractivity contribution < 1.29 is 13.2 Å². The van der Waals surface area contributed by atoms with Crippen molar-refractivity contribution in [1.29, 1.82) is 0 Å². The molecule has 0 aliphatic carbocycles. The van der Waals surface area contributed by atoms with E-state index in [0.717, 1.165) is 6.42 Å². The standard InChI is InChI=1S/C6H15NO3S/c1-3-4-7-11(8,9)6-5-10-2/h7H,3-6H2,1-2H3. The number of hydrogen-bond acceptors (Lipinski definition) is 3. The zero-order valence-corrected chi connectivity index (χ0v) is 7.78. The molecule has 0 aromatic carbocycles. The first-order valence-corrected chi connectivity index (χ1v) is 5.24. The number of hydrogen-bond donors (Lipinski definition) is 1. The molecule has 0 aromatic rings. The Hall–Kier alpha value is -0.130. The maximum Gasteiger partial charge on any atom is 0.213 e. The summed E-state index contributed by atoms with van der Waals surface area (Å²) in [5.74, 6) is 0.0451. The van der Waals surface area contributed by atoms with Crippen LogP contribution in [0.15, 0.2) is 0 Å². The highest BCUT2D eigenvalue weighted by molar-refractivity contribution is 7.89. The van der Waals surface area contributed by atoms with E-state index < -0.39 is 10.0 Å². The van der Waals surface area contributed by atoms with Gasteiger partial charge >= 0.3 is 0 Å². The third-order valence-electron chi connectivity index (χ3n) is 1.13. The largest absolute Gasteiger partial charge is 0.384 e. The zero-order chi connectivity index (χ0) is 8.74. The molecule has 0 rings (SSSR count). The second-order valence-electron chi connectivity index (χ2n) is 2.21. The lowest BCUT2D eigenvalue weighted by atomic mass is 10.5. The Labute approximate surface area is 68.0 Å². The topological polar surface area (TPSA) is 55.4 Å². The first-order chi connectivity index (χ1) is 5.12. The number of rotatable bonds is 6. The lowest BCUT2D eigenvalue weighted by molar-refractivity contribution is 0.217. The fourth-order valence-corrected chi connectivity index (χ4v) is 1.57. The van der Waals surface area contributed by atoms with Crippen LogP contribution in [-0.2, 0) is 14.8 Å². The van der Waals surface area contributed by atoms with Gasteiger partial charge in [-0.3, -0.25) is 0 Å². The van der Waals surface area contributed by atoms with Gasteiger partial charge in [-0.25, -0.2) is 13.1 Å². The molecule has 11 heavy (non-hydrogen) atoms. The quantitative estimate of drug-likeness (QED) is 0.625. The summed E-state index contributed by atoms with van der Waals surface area (Å²) in [6.07, 6.45) is 0.812. The van der Waals surface area contributed by atoms with Gasteiger partial charge in [0, 0.05) is 13.7 Å². The molecule has 0 amide bonds. The summed E-state index contributed by atoms with van der Waals surface area (Å²) in [5, 5.41) is 0. The average Bonchev–Trinajstić information content (AvgIpc) is 1.97. The minimum Gasteiger partial charge on any atom is -0.384 e. The van der Waals surface area contributed by atoms with E-state index in [2.05, 4.69) is 9.46 Å². The fraction of sp³-hybridized carbons (Fsp3) is 1.00. The van der Waals surface area contributed by atoms with Crippen molar-refractivity contribution in [3.63, 3.8) is 0 Å². The van der Waals surface area contributed by atoms with Crippen molar-refractivity contribution in [2.24, 2.45) is 0 Å². The summed E-state index contributed by atoms with van der Waals surface area (Å²) in [6.45, 7) is 2.67. The van der Waals surface area contributed by atoms with Crippen LogP contribution in [0.2, 0.25) is 0 Å². The second kappa shape index (κ2) is 5.51. The molecule has 0 bridgehead atoms. The van der Waals surface area contributed by atoms with Crippen molar-refractivity contribution in [2.45, 2.75) is 13.3 Å². The number of methoxy groups -OCH3 is 1. The number of nitrogens with one attached hydrogen (secondary N) is 1. The smallest absolute Gasteiger partial charge is 0.213 e.